The molecule has 0 saturated carbocycles. The maximum absolute atomic E-state index is 5.62. The van der Waals surface area contributed by atoms with Crippen LogP contribution in [0.15, 0.2) is 24.3 Å². The molecule has 0 amide bonds. The summed E-state index contributed by atoms with van der Waals surface area (Å²) >= 11 is 0. The Hall–Kier alpha value is -1.22. The van der Waals surface area contributed by atoms with Crippen molar-refractivity contribution in [3.63, 3.8) is 0 Å². The molecule has 102 valence electrons. The van der Waals surface area contributed by atoms with E-state index >= 15 is 0 Å². The van der Waals surface area contributed by atoms with Gasteiger partial charge in [-0.1, -0.05) is 12.1 Å². The van der Waals surface area contributed by atoms with Gasteiger partial charge in [0.25, 0.3) is 0 Å². The molecule has 1 aromatic carbocycles. The number of benzene rings is 1. The number of hydrogen-bond donors (Lipinski definition) is 2. The van der Waals surface area contributed by atoms with Crippen LogP contribution in [0.25, 0.3) is 0 Å². The van der Waals surface area contributed by atoms with E-state index in [0.717, 1.165) is 24.4 Å². The Morgan fingerprint density at radius 3 is 2.33 bits per heavy atom. The Balaban J connectivity index is 2.58. The van der Waals surface area contributed by atoms with Gasteiger partial charge < -0.3 is 15.4 Å². The summed E-state index contributed by atoms with van der Waals surface area (Å²) in [5, 5.41) is 6.77. The fourth-order valence-electron chi connectivity index (χ4n) is 1.79. The van der Waals surface area contributed by atoms with E-state index in [0.29, 0.717) is 6.10 Å². The van der Waals surface area contributed by atoms with Crippen LogP contribution in [0, 0.1) is 0 Å². The van der Waals surface area contributed by atoms with Crippen LogP contribution in [0.3, 0.4) is 0 Å². The van der Waals surface area contributed by atoms with Crippen LogP contribution in [0.4, 0.5) is 11.4 Å². The van der Waals surface area contributed by atoms with Gasteiger partial charge in [-0.25, -0.2) is 0 Å². The van der Waals surface area contributed by atoms with Gasteiger partial charge in [-0.3, -0.25) is 0 Å². The molecule has 2 N–H and O–H groups in total. The maximum atomic E-state index is 5.62. The van der Waals surface area contributed by atoms with E-state index < -0.39 is 0 Å². The minimum absolute atomic E-state index is 0.0157. The van der Waals surface area contributed by atoms with Gasteiger partial charge in [-0.15, -0.1) is 0 Å². The Morgan fingerprint density at radius 2 is 1.78 bits per heavy atom. The monoisotopic (exact) mass is 250 g/mol. The molecule has 1 rings (SSSR count). The van der Waals surface area contributed by atoms with Gasteiger partial charge in [-0.05, 0) is 46.2 Å². The van der Waals surface area contributed by atoms with Gasteiger partial charge >= 0.3 is 0 Å². The Bertz CT molecular complexity index is 361. The van der Waals surface area contributed by atoms with Gasteiger partial charge in [0.15, 0.2) is 0 Å². The van der Waals surface area contributed by atoms with E-state index in [1.807, 2.05) is 19.2 Å². The molecule has 0 aromatic heterocycles. The second kappa shape index (κ2) is 6.64. The second-order valence-electron chi connectivity index (χ2n) is 5.47. The zero-order valence-corrected chi connectivity index (χ0v) is 12.2. The van der Waals surface area contributed by atoms with Crippen molar-refractivity contribution in [3.05, 3.63) is 24.3 Å². The average Bonchev–Trinajstić information content (AvgIpc) is 2.28. The van der Waals surface area contributed by atoms with Crippen LogP contribution in [-0.2, 0) is 4.74 Å². The minimum atomic E-state index is 0.0157. The number of ether oxygens (including phenoxy) is 1. The Morgan fingerprint density at radius 1 is 1.17 bits per heavy atom. The van der Waals surface area contributed by atoms with E-state index in [2.05, 4.69) is 50.5 Å². The smallest absolute Gasteiger partial charge is 0.0580 e. The van der Waals surface area contributed by atoms with E-state index in [9.17, 15) is 0 Å². The molecule has 0 saturated heterocycles. The molecule has 0 aliphatic heterocycles. The van der Waals surface area contributed by atoms with Gasteiger partial charge in [0.1, 0.15) is 0 Å². The largest absolute Gasteiger partial charge is 0.386 e. The van der Waals surface area contributed by atoms with Crippen LogP contribution in [0.1, 0.15) is 34.1 Å². The van der Waals surface area contributed by atoms with E-state index in [4.69, 9.17) is 4.74 Å². The van der Waals surface area contributed by atoms with Crippen molar-refractivity contribution >= 4 is 11.4 Å². The van der Waals surface area contributed by atoms with Crippen molar-refractivity contribution in [2.24, 2.45) is 0 Å². The second-order valence-corrected chi connectivity index (χ2v) is 5.47. The number of para-hydroxylation sites is 2. The number of hydrogen-bond acceptors (Lipinski definition) is 3. The van der Waals surface area contributed by atoms with Crippen molar-refractivity contribution in [1.82, 2.24) is 0 Å². The van der Waals surface area contributed by atoms with E-state index in [-0.39, 0.29) is 5.54 Å². The molecular formula is C15H26N2O. The molecule has 18 heavy (non-hydrogen) atoms. The lowest BCUT2D eigenvalue weighted by Gasteiger charge is -2.29. The first-order valence-corrected chi connectivity index (χ1v) is 6.61. The van der Waals surface area contributed by atoms with Gasteiger partial charge in [0.05, 0.1) is 17.5 Å². The molecule has 0 heterocycles. The van der Waals surface area contributed by atoms with Crippen molar-refractivity contribution in [2.75, 3.05) is 24.3 Å². The van der Waals surface area contributed by atoms with Gasteiger partial charge in [-0.2, -0.15) is 0 Å². The summed E-state index contributed by atoms with van der Waals surface area (Å²) < 4.78 is 5.62. The zero-order chi connectivity index (χ0) is 13.6. The fraction of sp³-hybridized carbons (Fsp3) is 0.600. The first-order valence-electron chi connectivity index (χ1n) is 6.61. The Kier molecular flexibility index (Phi) is 5.48. The predicted molar refractivity (Wildman–Crippen MR) is 79.4 cm³/mol. The van der Waals surface area contributed by atoms with Gasteiger partial charge in [0.2, 0.25) is 0 Å². The molecule has 0 unspecified atom stereocenters. The highest BCUT2D eigenvalue weighted by Crippen LogP contribution is 2.25. The zero-order valence-electron chi connectivity index (χ0n) is 12.2. The Labute approximate surface area is 111 Å². The first kappa shape index (κ1) is 14.8. The normalized spacial score (nSPS) is 11.7. The first-order chi connectivity index (χ1) is 8.44. The third-order valence-corrected chi connectivity index (χ3v) is 2.85. The number of rotatable bonds is 7. The van der Waals surface area contributed by atoms with Crippen LogP contribution in [-0.4, -0.2) is 25.3 Å². The quantitative estimate of drug-likeness (QED) is 0.773. The molecule has 0 bridgehead atoms. The third-order valence-electron chi connectivity index (χ3n) is 2.85. The lowest BCUT2D eigenvalue weighted by atomic mass is 10.0. The summed E-state index contributed by atoms with van der Waals surface area (Å²) in [5.41, 5.74) is 2.27. The molecule has 0 aliphatic rings. The fourth-order valence-corrected chi connectivity index (χ4v) is 1.79. The van der Waals surface area contributed by atoms with E-state index in [1.54, 1.807) is 0 Å². The molecule has 1 aromatic rings. The van der Waals surface area contributed by atoms with Crippen LogP contribution in [0.2, 0.25) is 0 Å². The summed E-state index contributed by atoms with van der Waals surface area (Å²) in [6.07, 6.45) is 1.27. The SMILES string of the molecule is CNc1ccccc1NC(C)(C)CCOC(C)C. The summed E-state index contributed by atoms with van der Waals surface area (Å²) in [4.78, 5) is 0. The average molecular weight is 250 g/mol. The molecule has 0 aliphatic carbocycles. The topological polar surface area (TPSA) is 33.3 Å². The molecular weight excluding hydrogens is 224 g/mol. The minimum Gasteiger partial charge on any atom is -0.386 e. The third kappa shape index (κ3) is 4.96. The highest BCUT2D eigenvalue weighted by molar-refractivity contribution is 5.69. The number of anilines is 2. The van der Waals surface area contributed by atoms with Crippen LogP contribution < -0.4 is 10.6 Å². The predicted octanol–water partition coefficient (Wildman–Crippen LogP) is 3.73. The number of nitrogens with one attached hydrogen (secondary N) is 2. The van der Waals surface area contributed by atoms with Crippen LogP contribution >= 0.6 is 0 Å². The maximum Gasteiger partial charge on any atom is 0.0580 e. The highest BCUT2D eigenvalue weighted by atomic mass is 16.5. The lowest BCUT2D eigenvalue weighted by Crippen LogP contribution is -2.33. The lowest BCUT2D eigenvalue weighted by molar-refractivity contribution is 0.0696. The summed E-state index contributed by atoms with van der Waals surface area (Å²) in [6.45, 7) is 9.30. The molecule has 0 fully saturated rings. The summed E-state index contributed by atoms with van der Waals surface area (Å²) in [7, 11) is 1.94. The van der Waals surface area contributed by atoms with Crippen molar-refractivity contribution in [3.8, 4) is 0 Å². The van der Waals surface area contributed by atoms with Gasteiger partial charge in [0, 0.05) is 19.2 Å². The molecule has 3 heteroatoms. The molecule has 3 nitrogen and oxygen atoms in total. The van der Waals surface area contributed by atoms with Crippen molar-refractivity contribution in [1.29, 1.82) is 0 Å². The van der Waals surface area contributed by atoms with E-state index in [1.165, 1.54) is 0 Å². The standard InChI is InChI=1S/C15H26N2O/c1-12(2)18-11-10-15(3,4)17-14-9-7-6-8-13(14)16-5/h6-9,12,16-17H,10-11H2,1-5H3. The van der Waals surface area contributed by atoms with Crippen molar-refractivity contribution < 1.29 is 4.74 Å². The summed E-state index contributed by atoms with van der Waals surface area (Å²) in [6, 6.07) is 8.25. The summed E-state index contributed by atoms with van der Waals surface area (Å²) in [5.74, 6) is 0. The highest BCUT2D eigenvalue weighted by Gasteiger charge is 2.18. The molecule has 0 radical (unpaired) electrons. The van der Waals surface area contributed by atoms with Crippen molar-refractivity contribution in [2.45, 2.75) is 45.8 Å². The molecule has 0 atom stereocenters. The van der Waals surface area contributed by atoms with Crippen LogP contribution in [0.5, 0.6) is 0 Å². The molecule has 0 spiro atoms.